The number of nitrogens with two attached hydrogens (primary N) is 1. The highest BCUT2D eigenvalue weighted by molar-refractivity contribution is 6.37. The normalized spacial score (nSPS) is 11.3. The second-order valence-corrected chi connectivity index (χ2v) is 5.23. The van der Waals surface area contributed by atoms with Crippen LogP contribution < -0.4 is 11.2 Å². The minimum atomic E-state index is -0.320. The van der Waals surface area contributed by atoms with Crippen LogP contribution >= 0.6 is 23.2 Å². The zero-order valence-electron chi connectivity index (χ0n) is 11.2. The van der Waals surface area contributed by atoms with Crippen LogP contribution in [-0.2, 0) is 0 Å². The molecule has 0 atom stereocenters. The number of amides is 1. The number of halogens is 2. The van der Waals surface area contributed by atoms with E-state index in [9.17, 15) is 4.79 Å². The zero-order chi connectivity index (χ0) is 15.4. The van der Waals surface area contributed by atoms with Crippen LogP contribution in [0.1, 0.15) is 22.8 Å². The Hall–Kier alpha value is -2.04. The number of benzene rings is 2. The number of anilines is 1. The second-order valence-electron chi connectivity index (χ2n) is 4.38. The van der Waals surface area contributed by atoms with E-state index in [-0.39, 0.29) is 5.91 Å². The van der Waals surface area contributed by atoms with Crippen LogP contribution in [0.15, 0.2) is 47.6 Å². The predicted molar refractivity (Wildman–Crippen MR) is 87.0 cm³/mol. The average molecular weight is 322 g/mol. The molecule has 0 spiro atoms. The van der Waals surface area contributed by atoms with E-state index in [0.717, 1.165) is 0 Å². The maximum absolute atomic E-state index is 11.9. The minimum absolute atomic E-state index is 0.320. The van der Waals surface area contributed by atoms with Crippen molar-refractivity contribution in [2.24, 2.45) is 5.10 Å². The molecule has 3 N–H and O–H groups in total. The second kappa shape index (κ2) is 6.61. The number of nitrogen functional groups attached to an aromatic ring is 1. The van der Waals surface area contributed by atoms with Gasteiger partial charge in [-0.05, 0) is 43.3 Å². The van der Waals surface area contributed by atoms with Crippen molar-refractivity contribution in [1.82, 2.24) is 5.43 Å². The number of hydrazone groups is 1. The molecule has 0 aliphatic carbocycles. The van der Waals surface area contributed by atoms with E-state index in [1.54, 1.807) is 49.4 Å². The third kappa shape index (κ3) is 3.97. The quantitative estimate of drug-likeness (QED) is 0.514. The highest BCUT2D eigenvalue weighted by atomic mass is 35.5. The van der Waals surface area contributed by atoms with Crippen molar-refractivity contribution in [3.8, 4) is 0 Å². The van der Waals surface area contributed by atoms with Crippen molar-refractivity contribution >= 4 is 40.5 Å². The number of carbonyl (C=O) groups is 1. The van der Waals surface area contributed by atoms with Gasteiger partial charge in [-0.2, -0.15) is 5.10 Å². The Morgan fingerprint density at radius 2 is 1.81 bits per heavy atom. The molecule has 2 aromatic rings. The molecule has 2 rings (SSSR count). The fourth-order valence-corrected chi connectivity index (χ4v) is 2.22. The third-order valence-corrected chi connectivity index (χ3v) is 3.37. The van der Waals surface area contributed by atoms with Crippen molar-refractivity contribution in [2.75, 3.05) is 5.73 Å². The molecule has 21 heavy (non-hydrogen) atoms. The topological polar surface area (TPSA) is 67.5 Å². The molecule has 1 amide bonds. The van der Waals surface area contributed by atoms with E-state index in [2.05, 4.69) is 10.5 Å². The molecule has 6 heteroatoms. The van der Waals surface area contributed by atoms with Crippen molar-refractivity contribution in [3.05, 3.63) is 63.6 Å². The lowest BCUT2D eigenvalue weighted by atomic mass is 10.1. The molecule has 0 saturated heterocycles. The van der Waals surface area contributed by atoms with Gasteiger partial charge in [0.15, 0.2) is 0 Å². The molecular formula is C15H13Cl2N3O. The monoisotopic (exact) mass is 321 g/mol. The van der Waals surface area contributed by atoms with Crippen LogP contribution in [0.2, 0.25) is 10.0 Å². The van der Waals surface area contributed by atoms with E-state index < -0.39 is 0 Å². The third-order valence-electron chi connectivity index (χ3n) is 2.82. The average Bonchev–Trinajstić information content (AvgIpc) is 2.45. The summed E-state index contributed by atoms with van der Waals surface area (Å²) in [4.78, 5) is 11.9. The lowest BCUT2D eigenvalue weighted by molar-refractivity contribution is 0.0955. The molecule has 0 aromatic heterocycles. The SMILES string of the molecule is C/C(=N/NC(=O)c1ccc(N)cc1)c1ccc(Cl)cc1Cl. The van der Waals surface area contributed by atoms with Gasteiger partial charge in [-0.3, -0.25) is 4.79 Å². The first-order valence-corrected chi connectivity index (χ1v) is 6.88. The van der Waals surface area contributed by atoms with E-state index in [4.69, 9.17) is 28.9 Å². The summed E-state index contributed by atoms with van der Waals surface area (Å²) in [6, 6.07) is 11.7. The van der Waals surface area contributed by atoms with Gasteiger partial charge in [0.2, 0.25) is 0 Å². The minimum Gasteiger partial charge on any atom is -0.399 e. The number of hydrogen-bond acceptors (Lipinski definition) is 3. The van der Waals surface area contributed by atoms with Gasteiger partial charge in [0, 0.05) is 21.8 Å². The highest BCUT2D eigenvalue weighted by Gasteiger charge is 2.07. The van der Waals surface area contributed by atoms with Crippen LogP contribution in [0.5, 0.6) is 0 Å². The summed E-state index contributed by atoms with van der Waals surface area (Å²) in [5, 5.41) is 5.06. The Balaban J connectivity index is 2.12. The summed E-state index contributed by atoms with van der Waals surface area (Å²) in [6.07, 6.45) is 0. The van der Waals surface area contributed by atoms with Gasteiger partial charge in [0.25, 0.3) is 5.91 Å². The molecule has 0 fully saturated rings. The van der Waals surface area contributed by atoms with Crippen molar-refractivity contribution in [2.45, 2.75) is 6.92 Å². The number of carbonyl (C=O) groups excluding carboxylic acids is 1. The van der Waals surface area contributed by atoms with Crippen LogP contribution in [0.3, 0.4) is 0 Å². The first-order valence-electron chi connectivity index (χ1n) is 6.13. The molecule has 0 bridgehead atoms. The molecule has 0 aliphatic heterocycles. The lowest BCUT2D eigenvalue weighted by Crippen LogP contribution is -2.19. The summed E-state index contributed by atoms with van der Waals surface area (Å²) in [5.74, 6) is -0.320. The van der Waals surface area contributed by atoms with Gasteiger partial charge < -0.3 is 5.73 Å². The highest BCUT2D eigenvalue weighted by Crippen LogP contribution is 2.21. The van der Waals surface area contributed by atoms with Crippen molar-refractivity contribution in [1.29, 1.82) is 0 Å². The molecular weight excluding hydrogens is 309 g/mol. The van der Waals surface area contributed by atoms with Gasteiger partial charge in [-0.25, -0.2) is 5.43 Å². The number of nitrogens with zero attached hydrogens (tertiary/aromatic N) is 1. The van der Waals surface area contributed by atoms with Gasteiger partial charge in [-0.15, -0.1) is 0 Å². The molecule has 2 aromatic carbocycles. The molecule has 0 heterocycles. The Bertz CT molecular complexity index is 697. The molecule has 4 nitrogen and oxygen atoms in total. The largest absolute Gasteiger partial charge is 0.399 e. The fourth-order valence-electron chi connectivity index (χ4n) is 1.68. The molecule has 0 radical (unpaired) electrons. The first-order chi connectivity index (χ1) is 9.97. The Labute approximate surface area is 132 Å². The summed E-state index contributed by atoms with van der Waals surface area (Å²) in [5.41, 5.74) is 10.4. The molecule has 0 saturated carbocycles. The lowest BCUT2D eigenvalue weighted by Gasteiger charge is -2.05. The Morgan fingerprint density at radius 3 is 2.43 bits per heavy atom. The summed E-state index contributed by atoms with van der Waals surface area (Å²) in [7, 11) is 0. The van der Waals surface area contributed by atoms with Crippen LogP contribution in [-0.4, -0.2) is 11.6 Å². The number of hydrogen-bond donors (Lipinski definition) is 2. The van der Waals surface area contributed by atoms with E-state index in [1.165, 1.54) is 0 Å². The summed E-state index contributed by atoms with van der Waals surface area (Å²) in [6.45, 7) is 1.75. The van der Waals surface area contributed by atoms with Gasteiger partial charge in [-0.1, -0.05) is 29.3 Å². The first kappa shape index (κ1) is 15.4. The van der Waals surface area contributed by atoms with Gasteiger partial charge in [0.1, 0.15) is 0 Å². The fraction of sp³-hybridized carbons (Fsp3) is 0.0667. The van der Waals surface area contributed by atoms with Crippen LogP contribution in [0.4, 0.5) is 5.69 Å². The molecule has 0 aliphatic rings. The van der Waals surface area contributed by atoms with E-state index in [0.29, 0.717) is 32.6 Å². The molecule has 0 unspecified atom stereocenters. The van der Waals surface area contributed by atoms with Gasteiger partial charge >= 0.3 is 0 Å². The number of nitrogens with one attached hydrogen (secondary N) is 1. The number of rotatable bonds is 3. The summed E-state index contributed by atoms with van der Waals surface area (Å²) >= 11 is 11.9. The summed E-state index contributed by atoms with van der Waals surface area (Å²) < 4.78 is 0. The Morgan fingerprint density at radius 1 is 1.14 bits per heavy atom. The van der Waals surface area contributed by atoms with E-state index in [1.807, 2.05) is 0 Å². The van der Waals surface area contributed by atoms with Crippen molar-refractivity contribution in [3.63, 3.8) is 0 Å². The maximum atomic E-state index is 11.9. The maximum Gasteiger partial charge on any atom is 0.271 e. The zero-order valence-corrected chi connectivity index (χ0v) is 12.7. The van der Waals surface area contributed by atoms with Crippen molar-refractivity contribution < 1.29 is 4.79 Å². The Kier molecular flexibility index (Phi) is 4.83. The molecule has 108 valence electrons. The smallest absolute Gasteiger partial charge is 0.271 e. The van der Waals surface area contributed by atoms with Gasteiger partial charge in [0.05, 0.1) is 10.7 Å². The van der Waals surface area contributed by atoms with E-state index >= 15 is 0 Å². The standard InChI is InChI=1S/C15H13Cl2N3O/c1-9(13-7-4-11(16)8-14(13)17)19-20-15(21)10-2-5-12(18)6-3-10/h2-8H,18H2,1H3,(H,20,21)/b19-9-. The predicted octanol–water partition coefficient (Wildman–Crippen LogP) is 3.73. The van der Waals surface area contributed by atoms with Crippen LogP contribution in [0, 0.1) is 0 Å². The van der Waals surface area contributed by atoms with Crippen LogP contribution in [0.25, 0.3) is 0 Å².